The van der Waals surface area contributed by atoms with Crippen molar-refractivity contribution in [3.63, 3.8) is 0 Å². The smallest absolute Gasteiger partial charge is 0.0929 e. The monoisotopic (exact) mass is 268 g/mol. The molecule has 3 nitrogen and oxygen atoms in total. The zero-order valence-electron chi connectivity index (χ0n) is 11.2. The third-order valence-electron chi connectivity index (χ3n) is 3.76. The molecule has 0 amide bonds. The van der Waals surface area contributed by atoms with Crippen LogP contribution in [-0.4, -0.2) is 18.1 Å². The van der Waals surface area contributed by atoms with Gasteiger partial charge < -0.3 is 10.5 Å². The minimum atomic E-state index is 0.661. The molecule has 2 N–H and O–H groups in total. The van der Waals surface area contributed by atoms with Crippen LogP contribution >= 0.6 is 11.3 Å². The van der Waals surface area contributed by atoms with Crippen LogP contribution in [0.25, 0.3) is 0 Å². The van der Waals surface area contributed by atoms with Gasteiger partial charge in [0.25, 0.3) is 0 Å². The number of ether oxygens (including phenoxy) is 1. The Morgan fingerprint density at radius 2 is 2.28 bits per heavy atom. The van der Waals surface area contributed by atoms with Crippen molar-refractivity contribution in [1.29, 1.82) is 0 Å². The number of hydrogen-bond donors (Lipinski definition) is 1. The summed E-state index contributed by atoms with van der Waals surface area (Å²) in [4.78, 5) is 4.57. The zero-order valence-corrected chi connectivity index (χ0v) is 12.0. The van der Waals surface area contributed by atoms with Gasteiger partial charge in [-0.1, -0.05) is 13.3 Å². The molecule has 4 heteroatoms. The van der Waals surface area contributed by atoms with Gasteiger partial charge in [0.1, 0.15) is 0 Å². The van der Waals surface area contributed by atoms with E-state index in [9.17, 15) is 0 Å². The largest absolute Gasteiger partial charge is 0.375 e. The normalized spacial score (nSPS) is 23.7. The Labute approximate surface area is 114 Å². The highest BCUT2D eigenvalue weighted by Gasteiger charge is 2.25. The molecule has 1 heterocycles. The first-order chi connectivity index (χ1) is 8.83. The van der Waals surface area contributed by atoms with Crippen molar-refractivity contribution in [3.8, 4) is 0 Å². The lowest BCUT2D eigenvalue weighted by atomic mass is 9.97. The van der Waals surface area contributed by atoms with E-state index in [4.69, 9.17) is 10.5 Å². The molecule has 1 aromatic heterocycles. The van der Waals surface area contributed by atoms with Crippen molar-refractivity contribution in [3.05, 3.63) is 16.1 Å². The standard InChI is InChI=1S/C14H24N2OS/c1-2-4-14-16-13(10-18-14)9-17-8-12-6-3-5-11(12)7-15/h10-12H,2-9,15H2,1H3. The molecule has 1 aliphatic rings. The van der Waals surface area contributed by atoms with Gasteiger partial charge in [0.05, 0.1) is 23.9 Å². The predicted molar refractivity (Wildman–Crippen MR) is 75.7 cm³/mol. The second kappa shape index (κ2) is 7.22. The maximum atomic E-state index is 5.82. The fourth-order valence-electron chi connectivity index (χ4n) is 2.70. The number of thiazole rings is 1. The summed E-state index contributed by atoms with van der Waals surface area (Å²) in [5, 5.41) is 3.36. The van der Waals surface area contributed by atoms with Crippen LogP contribution in [0.4, 0.5) is 0 Å². The van der Waals surface area contributed by atoms with Gasteiger partial charge in [-0.3, -0.25) is 0 Å². The second-order valence-electron chi connectivity index (χ2n) is 5.18. The van der Waals surface area contributed by atoms with Crippen molar-refractivity contribution in [2.45, 2.75) is 45.6 Å². The van der Waals surface area contributed by atoms with E-state index in [2.05, 4.69) is 17.3 Å². The number of hydrogen-bond acceptors (Lipinski definition) is 4. The molecule has 0 bridgehead atoms. The molecule has 1 aliphatic carbocycles. The molecule has 0 radical (unpaired) electrons. The molecule has 2 atom stereocenters. The Kier molecular flexibility index (Phi) is 5.60. The van der Waals surface area contributed by atoms with E-state index < -0.39 is 0 Å². The first kappa shape index (κ1) is 14.0. The van der Waals surface area contributed by atoms with E-state index in [0.717, 1.165) is 31.7 Å². The summed E-state index contributed by atoms with van der Waals surface area (Å²) in [5.74, 6) is 1.35. The number of nitrogens with zero attached hydrogens (tertiary/aromatic N) is 1. The molecule has 18 heavy (non-hydrogen) atoms. The minimum absolute atomic E-state index is 0.661. The third-order valence-corrected chi connectivity index (χ3v) is 4.72. The Morgan fingerprint density at radius 3 is 3.06 bits per heavy atom. The van der Waals surface area contributed by atoms with Crippen LogP contribution in [0.15, 0.2) is 5.38 Å². The second-order valence-corrected chi connectivity index (χ2v) is 6.13. The Balaban J connectivity index is 1.71. The van der Waals surface area contributed by atoms with Gasteiger partial charge in [-0.05, 0) is 44.1 Å². The lowest BCUT2D eigenvalue weighted by Crippen LogP contribution is -2.22. The molecule has 1 saturated carbocycles. The molecule has 2 unspecified atom stereocenters. The summed E-state index contributed by atoms with van der Waals surface area (Å²) in [7, 11) is 0. The summed E-state index contributed by atoms with van der Waals surface area (Å²) in [6.45, 7) is 4.51. The number of aromatic nitrogens is 1. The molecule has 0 aliphatic heterocycles. The summed E-state index contributed by atoms with van der Waals surface area (Å²) in [6.07, 6.45) is 6.12. The van der Waals surface area contributed by atoms with Gasteiger partial charge >= 0.3 is 0 Å². The molecule has 2 rings (SSSR count). The molecule has 0 saturated heterocycles. The van der Waals surface area contributed by atoms with Crippen molar-refractivity contribution in [1.82, 2.24) is 4.98 Å². The van der Waals surface area contributed by atoms with Crippen LogP contribution in [0.1, 0.15) is 43.3 Å². The van der Waals surface area contributed by atoms with Crippen LogP contribution < -0.4 is 5.73 Å². The predicted octanol–water partition coefficient (Wildman–Crippen LogP) is 2.99. The number of rotatable bonds is 7. The maximum Gasteiger partial charge on any atom is 0.0929 e. The number of nitrogens with two attached hydrogens (primary N) is 1. The van der Waals surface area contributed by atoms with Crippen molar-refractivity contribution >= 4 is 11.3 Å². The fraction of sp³-hybridized carbons (Fsp3) is 0.786. The topological polar surface area (TPSA) is 48.1 Å². The molecule has 0 aromatic carbocycles. The average Bonchev–Trinajstić information content (AvgIpc) is 2.99. The van der Waals surface area contributed by atoms with E-state index in [1.54, 1.807) is 11.3 Å². The summed E-state index contributed by atoms with van der Waals surface area (Å²) >= 11 is 1.75. The van der Waals surface area contributed by atoms with Gasteiger partial charge in [0.2, 0.25) is 0 Å². The highest BCUT2D eigenvalue weighted by atomic mass is 32.1. The minimum Gasteiger partial charge on any atom is -0.375 e. The van der Waals surface area contributed by atoms with Crippen molar-refractivity contribution in [2.24, 2.45) is 17.6 Å². The van der Waals surface area contributed by atoms with Gasteiger partial charge in [-0.2, -0.15) is 0 Å². The molecule has 1 fully saturated rings. The molecule has 102 valence electrons. The van der Waals surface area contributed by atoms with E-state index in [0.29, 0.717) is 18.4 Å². The first-order valence-electron chi connectivity index (χ1n) is 7.04. The summed E-state index contributed by atoms with van der Waals surface area (Å²) in [5.41, 5.74) is 6.87. The van der Waals surface area contributed by atoms with Gasteiger partial charge in [0.15, 0.2) is 0 Å². The Bertz CT molecular complexity index is 353. The van der Waals surface area contributed by atoms with Crippen molar-refractivity contribution in [2.75, 3.05) is 13.2 Å². The Hall–Kier alpha value is -0.450. The van der Waals surface area contributed by atoms with Gasteiger partial charge in [-0.15, -0.1) is 11.3 Å². The average molecular weight is 268 g/mol. The lowest BCUT2D eigenvalue weighted by molar-refractivity contribution is 0.0736. The summed E-state index contributed by atoms with van der Waals surface area (Å²) in [6, 6.07) is 0. The van der Waals surface area contributed by atoms with E-state index in [1.165, 1.54) is 24.3 Å². The van der Waals surface area contributed by atoms with Crippen molar-refractivity contribution < 1.29 is 4.74 Å². The fourth-order valence-corrected chi connectivity index (χ4v) is 3.59. The van der Waals surface area contributed by atoms with Crippen LogP contribution in [0, 0.1) is 11.8 Å². The third kappa shape index (κ3) is 3.77. The quantitative estimate of drug-likeness (QED) is 0.827. The molecule has 0 spiro atoms. The highest BCUT2D eigenvalue weighted by molar-refractivity contribution is 7.09. The molecule has 1 aromatic rings. The van der Waals surface area contributed by atoms with Crippen LogP contribution in [0.5, 0.6) is 0 Å². The highest BCUT2D eigenvalue weighted by Crippen LogP contribution is 2.31. The summed E-state index contributed by atoms with van der Waals surface area (Å²) < 4.78 is 5.82. The maximum absolute atomic E-state index is 5.82. The van der Waals surface area contributed by atoms with Gasteiger partial charge in [0, 0.05) is 5.38 Å². The van der Waals surface area contributed by atoms with Crippen LogP contribution in [0.3, 0.4) is 0 Å². The number of aryl methyl sites for hydroxylation is 1. The van der Waals surface area contributed by atoms with E-state index in [1.807, 2.05) is 0 Å². The molecular weight excluding hydrogens is 244 g/mol. The van der Waals surface area contributed by atoms with E-state index in [-0.39, 0.29) is 0 Å². The first-order valence-corrected chi connectivity index (χ1v) is 7.92. The molecular formula is C14H24N2OS. The zero-order chi connectivity index (χ0) is 12.8. The van der Waals surface area contributed by atoms with Crippen LogP contribution in [-0.2, 0) is 17.8 Å². The lowest BCUT2D eigenvalue weighted by Gasteiger charge is -2.17. The van der Waals surface area contributed by atoms with Crippen LogP contribution in [0.2, 0.25) is 0 Å². The Morgan fingerprint density at radius 1 is 1.44 bits per heavy atom. The van der Waals surface area contributed by atoms with E-state index >= 15 is 0 Å². The van der Waals surface area contributed by atoms with Gasteiger partial charge in [-0.25, -0.2) is 4.98 Å². The SMILES string of the molecule is CCCc1nc(COCC2CCCC2CN)cs1.